The fraction of sp³-hybridized carbons (Fsp3) is 0.455. The Balaban J connectivity index is 3.24. The summed E-state index contributed by atoms with van der Waals surface area (Å²) in [5.41, 5.74) is 1.01. The number of hydrogen-bond donors (Lipinski definition) is 1. The van der Waals surface area contributed by atoms with Gasteiger partial charge in [0, 0.05) is 18.6 Å². The van der Waals surface area contributed by atoms with Gasteiger partial charge in [0.15, 0.2) is 0 Å². The monoisotopic (exact) mass is 228 g/mol. The summed E-state index contributed by atoms with van der Waals surface area (Å²) in [6.45, 7) is 0.108. The summed E-state index contributed by atoms with van der Waals surface area (Å²) >= 11 is 1.60. The summed E-state index contributed by atoms with van der Waals surface area (Å²) < 4.78 is 10.5. The molecule has 0 aliphatic heterocycles. The van der Waals surface area contributed by atoms with Crippen molar-refractivity contribution in [2.75, 3.05) is 27.1 Å². The molecule has 1 rings (SSSR count). The Labute approximate surface area is 94.4 Å². The average Bonchev–Trinajstić information content (AvgIpc) is 2.28. The number of benzene rings is 1. The van der Waals surface area contributed by atoms with Gasteiger partial charge in [0.25, 0.3) is 0 Å². The predicted octanol–water partition coefficient (Wildman–Crippen LogP) is 1.96. The molecule has 0 saturated heterocycles. The van der Waals surface area contributed by atoms with Gasteiger partial charge in [-0.2, -0.15) is 0 Å². The predicted molar refractivity (Wildman–Crippen MR) is 62.1 cm³/mol. The van der Waals surface area contributed by atoms with E-state index in [0.717, 1.165) is 22.0 Å². The zero-order chi connectivity index (χ0) is 11.3. The van der Waals surface area contributed by atoms with E-state index in [2.05, 4.69) is 0 Å². The summed E-state index contributed by atoms with van der Waals surface area (Å²) in [4.78, 5) is 1.03. The van der Waals surface area contributed by atoms with Crippen LogP contribution in [-0.4, -0.2) is 32.2 Å². The van der Waals surface area contributed by atoms with Gasteiger partial charge >= 0.3 is 0 Å². The van der Waals surface area contributed by atoms with Gasteiger partial charge < -0.3 is 14.6 Å². The van der Waals surface area contributed by atoms with E-state index >= 15 is 0 Å². The summed E-state index contributed by atoms with van der Waals surface area (Å²) in [6.07, 6.45) is 2.56. The van der Waals surface area contributed by atoms with E-state index < -0.39 is 0 Å². The lowest BCUT2D eigenvalue weighted by atomic mass is 10.1. The highest BCUT2D eigenvalue weighted by atomic mass is 32.2. The van der Waals surface area contributed by atoms with Crippen LogP contribution in [-0.2, 0) is 6.42 Å². The normalized spacial score (nSPS) is 10.1. The lowest BCUT2D eigenvalue weighted by molar-refractivity contribution is 0.295. The van der Waals surface area contributed by atoms with Crippen molar-refractivity contribution in [3.05, 3.63) is 17.7 Å². The number of rotatable bonds is 5. The second-order valence-electron chi connectivity index (χ2n) is 2.96. The van der Waals surface area contributed by atoms with Gasteiger partial charge in [0.2, 0.25) is 0 Å². The van der Waals surface area contributed by atoms with E-state index in [-0.39, 0.29) is 6.61 Å². The van der Waals surface area contributed by atoms with Crippen LogP contribution in [0.4, 0.5) is 0 Å². The summed E-state index contributed by atoms with van der Waals surface area (Å²) in [5, 5.41) is 9.02. The second-order valence-corrected chi connectivity index (χ2v) is 3.77. The van der Waals surface area contributed by atoms with Gasteiger partial charge in [-0.1, -0.05) is 0 Å². The molecule has 1 N–H and O–H groups in total. The Morgan fingerprint density at radius 1 is 1.20 bits per heavy atom. The quantitative estimate of drug-likeness (QED) is 0.782. The first kappa shape index (κ1) is 12.2. The third-order valence-corrected chi connectivity index (χ3v) is 3.04. The van der Waals surface area contributed by atoms with E-state index in [4.69, 9.17) is 14.6 Å². The minimum absolute atomic E-state index is 0.108. The number of aliphatic hydroxyl groups excluding tert-OH is 1. The van der Waals surface area contributed by atoms with Crippen LogP contribution in [0.2, 0.25) is 0 Å². The molecule has 4 heteroatoms. The highest BCUT2D eigenvalue weighted by Crippen LogP contribution is 2.37. The van der Waals surface area contributed by atoms with Crippen LogP contribution in [0.25, 0.3) is 0 Å². The topological polar surface area (TPSA) is 38.7 Å². The molecular formula is C11H16O3S. The fourth-order valence-corrected chi connectivity index (χ4v) is 2.31. The van der Waals surface area contributed by atoms with Crippen molar-refractivity contribution in [1.82, 2.24) is 0 Å². The van der Waals surface area contributed by atoms with Crippen molar-refractivity contribution in [2.24, 2.45) is 0 Å². The molecule has 0 unspecified atom stereocenters. The van der Waals surface area contributed by atoms with Crippen molar-refractivity contribution < 1.29 is 14.6 Å². The van der Waals surface area contributed by atoms with Crippen LogP contribution >= 0.6 is 11.8 Å². The first-order valence-corrected chi connectivity index (χ1v) is 5.89. The number of methoxy groups -OCH3 is 2. The Bertz CT molecular complexity index is 326. The third-order valence-electron chi connectivity index (χ3n) is 2.19. The Kier molecular flexibility index (Phi) is 4.78. The molecule has 0 bridgehead atoms. The fourth-order valence-electron chi connectivity index (χ4n) is 1.51. The lowest BCUT2D eigenvalue weighted by Gasteiger charge is -2.14. The summed E-state index contributed by atoms with van der Waals surface area (Å²) in [6, 6.07) is 3.75. The number of hydrogen-bond acceptors (Lipinski definition) is 4. The average molecular weight is 228 g/mol. The molecule has 0 aliphatic carbocycles. The minimum atomic E-state index is 0.108. The molecule has 3 nitrogen and oxygen atoms in total. The van der Waals surface area contributed by atoms with Gasteiger partial charge in [-0.15, -0.1) is 11.8 Å². The molecule has 84 valence electrons. The van der Waals surface area contributed by atoms with E-state index in [1.54, 1.807) is 26.0 Å². The van der Waals surface area contributed by atoms with Gasteiger partial charge in [0.1, 0.15) is 11.5 Å². The van der Waals surface area contributed by atoms with Gasteiger partial charge in [-0.3, -0.25) is 0 Å². The maximum atomic E-state index is 9.02. The summed E-state index contributed by atoms with van der Waals surface area (Å²) in [7, 11) is 3.27. The Hall–Kier alpha value is -0.870. The van der Waals surface area contributed by atoms with Gasteiger partial charge in [-0.05, 0) is 18.4 Å². The molecule has 0 atom stereocenters. The number of aliphatic hydroxyl groups is 1. The third kappa shape index (κ3) is 2.58. The molecule has 1 aromatic carbocycles. The standard InChI is InChI=1S/C11H16O3S/c1-13-9-4-5-10(14-2)11(15-3)8(9)6-7-12/h4-5,12H,6-7H2,1-3H3. The smallest absolute Gasteiger partial charge is 0.132 e. The maximum absolute atomic E-state index is 9.02. The van der Waals surface area contributed by atoms with Crippen LogP contribution in [0.5, 0.6) is 11.5 Å². The molecule has 0 heterocycles. The van der Waals surface area contributed by atoms with Gasteiger partial charge in [-0.25, -0.2) is 0 Å². The molecule has 0 aromatic heterocycles. The number of ether oxygens (including phenoxy) is 2. The molecular weight excluding hydrogens is 212 g/mol. The number of thioether (sulfide) groups is 1. The van der Waals surface area contributed by atoms with Crippen molar-refractivity contribution in [3.8, 4) is 11.5 Å². The van der Waals surface area contributed by atoms with Crippen LogP contribution in [0, 0.1) is 0 Å². The Morgan fingerprint density at radius 2 is 1.80 bits per heavy atom. The zero-order valence-corrected chi connectivity index (χ0v) is 10.1. The molecule has 1 aromatic rings. The highest BCUT2D eigenvalue weighted by molar-refractivity contribution is 7.98. The molecule has 0 radical (unpaired) electrons. The Morgan fingerprint density at radius 3 is 2.27 bits per heavy atom. The first-order chi connectivity index (χ1) is 7.28. The van der Waals surface area contributed by atoms with Crippen molar-refractivity contribution in [1.29, 1.82) is 0 Å². The molecule has 15 heavy (non-hydrogen) atoms. The van der Waals surface area contributed by atoms with E-state index in [9.17, 15) is 0 Å². The maximum Gasteiger partial charge on any atom is 0.132 e. The van der Waals surface area contributed by atoms with Crippen molar-refractivity contribution >= 4 is 11.8 Å². The largest absolute Gasteiger partial charge is 0.496 e. The minimum Gasteiger partial charge on any atom is -0.496 e. The van der Waals surface area contributed by atoms with E-state index in [0.29, 0.717) is 6.42 Å². The van der Waals surface area contributed by atoms with E-state index in [1.807, 2.05) is 18.4 Å². The molecule has 0 fully saturated rings. The molecule has 0 aliphatic rings. The SMILES string of the molecule is COc1ccc(OC)c(SC)c1CCO. The van der Waals surface area contributed by atoms with E-state index in [1.165, 1.54) is 0 Å². The van der Waals surface area contributed by atoms with Crippen LogP contribution in [0.15, 0.2) is 17.0 Å². The van der Waals surface area contributed by atoms with Gasteiger partial charge in [0.05, 0.1) is 19.1 Å². The van der Waals surface area contributed by atoms with Crippen molar-refractivity contribution in [2.45, 2.75) is 11.3 Å². The van der Waals surface area contributed by atoms with Crippen molar-refractivity contribution in [3.63, 3.8) is 0 Å². The molecule has 0 spiro atoms. The summed E-state index contributed by atoms with van der Waals surface area (Å²) in [5.74, 6) is 1.63. The highest BCUT2D eigenvalue weighted by Gasteiger charge is 2.13. The van der Waals surface area contributed by atoms with Crippen LogP contribution in [0.3, 0.4) is 0 Å². The lowest BCUT2D eigenvalue weighted by Crippen LogP contribution is -2.00. The second kappa shape index (κ2) is 5.88. The molecule has 0 amide bonds. The molecule has 0 saturated carbocycles. The first-order valence-electron chi connectivity index (χ1n) is 4.67. The van der Waals surface area contributed by atoms with Crippen LogP contribution < -0.4 is 9.47 Å². The zero-order valence-electron chi connectivity index (χ0n) is 9.24. The van der Waals surface area contributed by atoms with Crippen LogP contribution in [0.1, 0.15) is 5.56 Å².